The molecule has 4 heteroatoms. The van der Waals surface area contributed by atoms with Gasteiger partial charge in [0.2, 0.25) is 5.43 Å². The summed E-state index contributed by atoms with van der Waals surface area (Å²) in [7, 11) is 0. The normalized spacial score (nSPS) is 14.3. The van der Waals surface area contributed by atoms with Crippen LogP contribution < -0.4 is 10.2 Å². The molecule has 3 aromatic rings. The summed E-state index contributed by atoms with van der Waals surface area (Å²) in [5.41, 5.74) is 3.16. The summed E-state index contributed by atoms with van der Waals surface area (Å²) >= 11 is 0. The Morgan fingerprint density at radius 2 is 1.92 bits per heavy atom. The second-order valence-electron chi connectivity index (χ2n) is 6.47. The third kappa shape index (κ3) is 2.72. The van der Waals surface area contributed by atoms with E-state index in [0.717, 1.165) is 36.4 Å². The average Bonchev–Trinajstić information content (AvgIpc) is 2.63. The molecular formula is C21H21NO3. The fourth-order valence-corrected chi connectivity index (χ4v) is 3.52. The Morgan fingerprint density at radius 3 is 2.68 bits per heavy atom. The van der Waals surface area contributed by atoms with Gasteiger partial charge in [0.1, 0.15) is 23.8 Å². The van der Waals surface area contributed by atoms with E-state index in [4.69, 9.17) is 9.15 Å². The highest BCUT2D eigenvalue weighted by atomic mass is 16.5. The van der Waals surface area contributed by atoms with Gasteiger partial charge in [-0.2, -0.15) is 0 Å². The SMILES string of the molecule is CCCN1COc2ccc3c(=O)c(-c4ccccc4)c(C)oc3c2C1. The molecule has 0 saturated carbocycles. The van der Waals surface area contributed by atoms with Gasteiger partial charge in [0.15, 0.2) is 0 Å². The van der Waals surface area contributed by atoms with Gasteiger partial charge in [-0.3, -0.25) is 9.69 Å². The first kappa shape index (κ1) is 15.9. The summed E-state index contributed by atoms with van der Waals surface area (Å²) in [5, 5.41) is 0.616. The molecule has 1 aliphatic rings. The minimum absolute atomic E-state index is 0.0142. The van der Waals surface area contributed by atoms with Crippen LogP contribution in [0.5, 0.6) is 5.75 Å². The molecule has 128 valence electrons. The number of fused-ring (bicyclic) bond motifs is 3. The number of ether oxygens (including phenoxy) is 1. The van der Waals surface area contributed by atoms with Gasteiger partial charge in [0, 0.05) is 13.1 Å². The molecule has 0 amide bonds. The van der Waals surface area contributed by atoms with Crippen molar-refractivity contribution in [3.8, 4) is 16.9 Å². The summed E-state index contributed by atoms with van der Waals surface area (Å²) in [6, 6.07) is 13.4. The van der Waals surface area contributed by atoms with Crippen LogP contribution in [0.3, 0.4) is 0 Å². The molecule has 0 atom stereocenters. The maximum absolute atomic E-state index is 13.1. The predicted octanol–water partition coefficient (Wildman–Crippen LogP) is 4.33. The maximum Gasteiger partial charge on any atom is 0.200 e. The Kier molecular flexibility index (Phi) is 4.06. The van der Waals surface area contributed by atoms with Crippen molar-refractivity contribution in [2.75, 3.05) is 13.3 Å². The highest BCUT2D eigenvalue weighted by Gasteiger charge is 2.23. The molecule has 0 spiro atoms. The molecule has 0 saturated heterocycles. The number of hydrogen-bond donors (Lipinski definition) is 0. The topological polar surface area (TPSA) is 42.7 Å². The third-order valence-corrected chi connectivity index (χ3v) is 4.68. The van der Waals surface area contributed by atoms with E-state index in [9.17, 15) is 4.79 Å². The van der Waals surface area contributed by atoms with Crippen LogP contribution in [0.15, 0.2) is 51.7 Å². The van der Waals surface area contributed by atoms with Crippen LogP contribution in [0.1, 0.15) is 24.7 Å². The Bertz CT molecular complexity index is 976. The highest BCUT2D eigenvalue weighted by molar-refractivity contribution is 5.86. The zero-order valence-corrected chi connectivity index (χ0v) is 14.5. The number of hydrogen-bond acceptors (Lipinski definition) is 4. The van der Waals surface area contributed by atoms with E-state index in [-0.39, 0.29) is 5.43 Å². The summed E-state index contributed by atoms with van der Waals surface area (Å²) in [4.78, 5) is 15.4. The van der Waals surface area contributed by atoms with Crippen LogP contribution in [-0.4, -0.2) is 18.2 Å². The van der Waals surface area contributed by atoms with E-state index in [2.05, 4.69) is 11.8 Å². The Morgan fingerprint density at radius 1 is 1.12 bits per heavy atom. The summed E-state index contributed by atoms with van der Waals surface area (Å²) in [6.45, 7) is 6.29. The fourth-order valence-electron chi connectivity index (χ4n) is 3.52. The van der Waals surface area contributed by atoms with Gasteiger partial charge in [0.25, 0.3) is 0 Å². The molecule has 0 fully saturated rings. The molecule has 2 heterocycles. The molecule has 0 radical (unpaired) electrons. The number of rotatable bonds is 3. The molecule has 0 N–H and O–H groups in total. The number of nitrogens with zero attached hydrogens (tertiary/aromatic N) is 1. The average molecular weight is 335 g/mol. The zero-order chi connectivity index (χ0) is 17.4. The second-order valence-corrected chi connectivity index (χ2v) is 6.47. The van der Waals surface area contributed by atoms with Crippen molar-refractivity contribution in [1.82, 2.24) is 4.90 Å². The van der Waals surface area contributed by atoms with Crippen molar-refractivity contribution in [2.24, 2.45) is 0 Å². The monoisotopic (exact) mass is 335 g/mol. The first-order valence-electron chi connectivity index (χ1n) is 8.69. The van der Waals surface area contributed by atoms with Crippen molar-refractivity contribution < 1.29 is 9.15 Å². The second kappa shape index (κ2) is 6.37. The van der Waals surface area contributed by atoms with Gasteiger partial charge in [-0.15, -0.1) is 0 Å². The maximum atomic E-state index is 13.1. The minimum Gasteiger partial charge on any atom is -0.478 e. The molecule has 0 bridgehead atoms. The number of aryl methyl sites for hydroxylation is 1. The molecule has 0 aliphatic carbocycles. The van der Waals surface area contributed by atoms with E-state index < -0.39 is 0 Å². The van der Waals surface area contributed by atoms with Crippen molar-refractivity contribution >= 4 is 11.0 Å². The van der Waals surface area contributed by atoms with E-state index in [1.54, 1.807) is 0 Å². The van der Waals surface area contributed by atoms with Crippen LogP contribution in [0.25, 0.3) is 22.1 Å². The van der Waals surface area contributed by atoms with E-state index in [1.165, 1.54) is 0 Å². The Balaban J connectivity index is 1.92. The first-order chi connectivity index (χ1) is 12.2. The van der Waals surface area contributed by atoms with E-state index >= 15 is 0 Å². The van der Waals surface area contributed by atoms with Gasteiger partial charge in [-0.1, -0.05) is 37.3 Å². The predicted molar refractivity (Wildman–Crippen MR) is 98.9 cm³/mol. The lowest BCUT2D eigenvalue weighted by atomic mass is 10.0. The highest BCUT2D eigenvalue weighted by Crippen LogP contribution is 2.33. The van der Waals surface area contributed by atoms with Gasteiger partial charge in [0.05, 0.1) is 16.5 Å². The molecule has 1 aliphatic heterocycles. The molecule has 0 unspecified atom stereocenters. The first-order valence-corrected chi connectivity index (χ1v) is 8.69. The van der Waals surface area contributed by atoms with Crippen LogP contribution in [0.2, 0.25) is 0 Å². The van der Waals surface area contributed by atoms with Crippen molar-refractivity contribution in [3.05, 3.63) is 64.0 Å². The van der Waals surface area contributed by atoms with Gasteiger partial charge in [-0.25, -0.2) is 0 Å². The van der Waals surface area contributed by atoms with Crippen LogP contribution in [0.4, 0.5) is 0 Å². The molecule has 2 aromatic carbocycles. The summed E-state index contributed by atoms with van der Waals surface area (Å²) in [5.74, 6) is 1.46. The largest absolute Gasteiger partial charge is 0.478 e. The lowest BCUT2D eigenvalue weighted by Crippen LogP contribution is -2.32. The minimum atomic E-state index is 0.0142. The third-order valence-electron chi connectivity index (χ3n) is 4.68. The molecule has 1 aromatic heterocycles. The molecule has 25 heavy (non-hydrogen) atoms. The van der Waals surface area contributed by atoms with Gasteiger partial charge in [-0.05, 0) is 31.0 Å². The molecular weight excluding hydrogens is 314 g/mol. The van der Waals surface area contributed by atoms with Crippen molar-refractivity contribution in [1.29, 1.82) is 0 Å². The fraction of sp³-hybridized carbons (Fsp3) is 0.286. The van der Waals surface area contributed by atoms with E-state index in [1.807, 2.05) is 49.4 Å². The lowest BCUT2D eigenvalue weighted by Gasteiger charge is -2.29. The molecule has 4 rings (SSSR count). The van der Waals surface area contributed by atoms with Gasteiger partial charge < -0.3 is 9.15 Å². The standard InChI is InChI=1S/C21H21NO3/c1-3-11-22-12-17-18(24-13-22)10-9-16-20(23)19(14(2)25-21(16)17)15-7-5-4-6-8-15/h4-10H,3,11-13H2,1-2H3. The van der Waals surface area contributed by atoms with Crippen LogP contribution in [0, 0.1) is 6.92 Å². The quantitative estimate of drug-likeness (QED) is 0.714. The Labute approximate surface area is 146 Å². The summed E-state index contributed by atoms with van der Waals surface area (Å²) in [6.07, 6.45) is 1.06. The number of benzene rings is 2. The van der Waals surface area contributed by atoms with Gasteiger partial charge >= 0.3 is 0 Å². The van der Waals surface area contributed by atoms with Crippen molar-refractivity contribution in [3.63, 3.8) is 0 Å². The summed E-state index contributed by atoms with van der Waals surface area (Å²) < 4.78 is 12.0. The van der Waals surface area contributed by atoms with Crippen molar-refractivity contribution in [2.45, 2.75) is 26.8 Å². The smallest absolute Gasteiger partial charge is 0.200 e. The van der Waals surface area contributed by atoms with E-state index in [0.29, 0.717) is 29.0 Å². The Hall–Kier alpha value is -2.59. The zero-order valence-electron chi connectivity index (χ0n) is 14.5. The molecule has 4 nitrogen and oxygen atoms in total. The van der Waals surface area contributed by atoms with Crippen LogP contribution in [-0.2, 0) is 6.54 Å². The lowest BCUT2D eigenvalue weighted by molar-refractivity contribution is 0.0958. The van der Waals surface area contributed by atoms with Crippen LogP contribution >= 0.6 is 0 Å².